The number of allylic oxidation sites excluding steroid dienone is 7. The van der Waals surface area contributed by atoms with Gasteiger partial charge in [-0.05, 0) is 30.9 Å². The fourth-order valence-electron chi connectivity index (χ4n) is 1.16. The first kappa shape index (κ1) is 11.7. The Balaban J connectivity index is 4.58. The standard InChI is InChI=1S/C13H18/c1-5-9-11-13(10-6-2)12(7-3)8-4/h5-8,10H,1-3,9,11H2,4H3/b12-8-,13-10-. The highest BCUT2D eigenvalue weighted by Gasteiger charge is 1.97. The topological polar surface area (TPSA) is 0 Å². The minimum Gasteiger partial charge on any atom is -0.103 e. The molecule has 0 N–H and O–H groups in total. The van der Waals surface area contributed by atoms with Gasteiger partial charge in [-0.25, -0.2) is 0 Å². The molecule has 0 rings (SSSR count). The maximum Gasteiger partial charge on any atom is -0.0238 e. The molecule has 0 heteroatoms. The summed E-state index contributed by atoms with van der Waals surface area (Å²) in [6, 6.07) is 0. The van der Waals surface area contributed by atoms with E-state index in [0.29, 0.717) is 0 Å². The molecular weight excluding hydrogens is 156 g/mol. The Bertz CT molecular complexity index is 239. The van der Waals surface area contributed by atoms with Crippen molar-refractivity contribution in [3.8, 4) is 0 Å². The van der Waals surface area contributed by atoms with E-state index >= 15 is 0 Å². The zero-order chi connectivity index (χ0) is 10.1. The molecule has 0 bridgehead atoms. The molecule has 0 saturated carbocycles. The van der Waals surface area contributed by atoms with Gasteiger partial charge in [-0.1, -0.05) is 43.5 Å². The molecule has 13 heavy (non-hydrogen) atoms. The zero-order valence-electron chi connectivity index (χ0n) is 8.42. The third-order valence-corrected chi connectivity index (χ3v) is 1.84. The molecule has 0 aromatic carbocycles. The average Bonchev–Trinajstić information content (AvgIpc) is 2.16. The Kier molecular flexibility index (Phi) is 6.62. The first-order chi connectivity index (χ1) is 6.29. The van der Waals surface area contributed by atoms with E-state index in [1.807, 2.05) is 31.2 Å². The molecule has 0 atom stereocenters. The van der Waals surface area contributed by atoms with Crippen LogP contribution in [0.25, 0.3) is 0 Å². The minimum atomic E-state index is 0.991. The van der Waals surface area contributed by atoms with Crippen LogP contribution < -0.4 is 0 Å². The fourth-order valence-corrected chi connectivity index (χ4v) is 1.16. The number of hydrogen-bond donors (Lipinski definition) is 0. The van der Waals surface area contributed by atoms with Gasteiger partial charge in [0.05, 0.1) is 0 Å². The van der Waals surface area contributed by atoms with Crippen molar-refractivity contribution in [2.24, 2.45) is 0 Å². The van der Waals surface area contributed by atoms with Crippen LogP contribution in [0.2, 0.25) is 0 Å². The van der Waals surface area contributed by atoms with Crippen LogP contribution in [-0.2, 0) is 0 Å². The molecule has 0 fully saturated rings. The summed E-state index contributed by atoms with van der Waals surface area (Å²) in [7, 11) is 0. The van der Waals surface area contributed by atoms with Crippen molar-refractivity contribution in [2.75, 3.05) is 0 Å². The lowest BCUT2D eigenvalue weighted by atomic mass is 10.0. The van der Waals surface area contributed by atoms with E-state index in [1.54, 1.807) is 0 Å². The molecule has 0 unspecified atom stereocenters. The SMILES string of the molecule is C=C/C=C(CCC=C)\C(C=C)=C/C. The summed E-state index contributed by atoms with van der Waals surface area (Å²) in [6.45, 7) is 13.2. The molecule has 0 aromatic rings. The Morgan fingerprint density at radius 1 is 1.23 bits per heavy atom. The normalized spacial score (nSPS) is 12.4. The van der Waals surface area contributed by atoms with Crippen LogP contribution in [0.3, 0.4) is 0 Å². The van der Waals surface area contributed by atoms with Gasteiger partial charge >= 0.3 is 0 Å². The van der Waals surface area contributed by atoms with Crippen LogP contribution in [-0.4, -0.2) is 0 Å². The van der Waals surface area contributed by atoms with Crippen LogP contribution in [0.5, 0.6) is 0 Å². The highest BCUT2D eigenvalue weighted by Crippen LogP contribution is 2.17. The van der Waals surface area contributed by atoms with Gasteiger partial charge in [0.2, 0.25) is 0 Å². The molecule has 0 aliphatic rings. The van der Waals surface area contributed by atoms with Gasteiger partial charge < -0.3 is 0 Å². The van der Waals surface area contributed by atoms with E-state index in [9.17, 15) is 0 Å². The molecule has 0 radical (unpaired) electrons. The Morgan fingerprint density at radius 3 is 2.31 bits per heavy atom. The molecule has 0 saturated heterocycles. The van der Waals surface area contributed by atoms with Gasteiger partial charge in [-0.15, -0.1) is 6.58 Å². The number of hydrogen-bond acceptors (Lipinski definition) is 0. The number of rotatable bonds is 6. The lowest BCUT2D eigenvalue weighted by Crippen LogP contribution is -1.86. The Labute approximate surface area is 81.7 Å². The Morgan fingerprint density at radius 2 is 1.92 bits per heavy atom. The van der Waals surface area contributed by atoms with E-state index < -0.39 is 0 Å². The quantitative estimate of drug-likeness (QED) is 0.418. The van der Waals surface area contributed by atoms with Crippen LogP contribution >= 0.6 is 0 Å². The molecule has 0 heterocycles. The summed E-state index contributed by atoms with van der Waals surface area (Å²) in [5.74, 6) is 0. The lowest BCUT2D eigenvalue weighted by molar-refractivity contribution is 0.996. The van der Waals surface area contributed by atoms with Crippen molar-refractivity contribution in [2.45, 2.75) is 19.8 Å². The summed E-state index contributed by atoms with van der Waals surface area (Å²) >= 11 is 0. The molecule has 0 aliphatic heterocycles. The predicted molar refractivity (Wildman–Crippen MR) is 61.7 cm³/mol. The largest absolute Gasteiger partial charge is 0.103 e. The monoisotopic (exact) mass is 174 g/mol. The van der Waals surface area contributed by atoms with Gasteiger partial charge in [-0.2, -0.15) is 0 Å². The summed E-state index contributed by atoms with van der Waals surface area (Å²) in [4.78, 5) is 0. The third-order valence-electron chi connectivity index (χ3n) is 1.84. The maximum absolute atomic E-state index is 3.77. The van der Waals surface area contributed by atoms with Gasteiger partial charge in [0.15, 0.2) is 0 Å². The van der Waals surface area contributed by atoms with Crippen LogP contribution in [0, 0.1) is 0 Å². The first-order valence-electron chi connectivity index (χ1n) is 4.51. The van der Waals surface area contributed by atoms with Crippen molar-refractivity contribution in [3.05, 3.63) is 61.3 Å². The molecule has 0 spiro atoms. The smallest absolute Gasteiger partial charge is 0.0238 e. The van der Waals surface area contributed by atoms with Gasteiger partial charge in [0, 0.05) is 0 Å². The van der Waals surface area contributed by atoms with E-state index in [0.717, 1.165) is 12.8 Å². The van der Waals surface area contributed by atoms with Crippen molar-refractivity contribution in [3.63, 3.8) is 0 Å². The van der Waals surface area contributed by atoms with E-state index in [2.05, 4.69) is 25.8 Å². The average molecular weight is 174 g/mol. The predicted octanol–water partition coefficient (Wildman–Crippen LogP) is 4.20. The third kappa shape index (κ3) is 4.32. The summed E-state index contributed by atoms with van der Waals surface area (Å²) < 4.78 is 0. The van der Waals surface area contributed by atoms with Gasteiger partial charge in [0.25, 0.3) is 0 Å². The second kappa shape index (κ2) is 7.35. The molecule has 70 valence electrons. The molecule has 0 aliphatic carbocycles. The van der Waals surface area contributed by atoms with Crippen LogP contribution in [0.15, 0.2) is 61.3 Å². The highest BCUT2D eigenvalue weighted by atomic mass is 14.0. The first-order valence-corrected chi connectivity index (χ1v) is 4.51. The van der Waals surface area contributed by atoms with E-state index in [4.69, 9.17) is 0 Å². The van der Waals surface area contributed by atoms with Crippen molar-refractivity contribution in [1.82, 2.24) is 0 Å². The van der Waals surface area contributed by atoms with Gasteiger partial charge in [-0.3, -0.25) is 0 Å². The van der Waals surface area contributed by atoms with Crippen molar-refractivity contribution < 1.29 is 0 Å². The van der Waals surface area contributed by atoms with Crippen molar-refractivity contribution in [1.29, 1.82) is 0 Å². The van der Waals surface area contributed by atoms with Crippen molar-refractivity contribution >= 4 is 0 Å². The second-order valence-electron chi connectivity index (χ2n) is 2.70. The summed E-state index contributed by atoms with van der Waals surface area (Å²) in [6.07, 6.45) is 11.7. The zero-order valence-corrected chi connectivity index (χ0v) is 8.42. The van der Waals surface area contributed by atoms with E-state index in [-0.39, 0.29) is 0 Å². The summed E-state index contributed by atoms with van der Waals surface area (Å²) in [5.41, 5.74) is 2.45. The Hall–Kier alpha value is -1.30. The van der Waals surface area contributed by atoms with E-state index in [1.165, 1.54) is 11.1 Å². The molecular formula is C13H18. The molecule has 0 amide bonds. The summed E-state index contributed by atoms with van der Waals surface area (Å²) in [5, 5.41) is 0. The molecule has 0 nitrogen and oxygen atoms in total. The maximum atomic E-state index is 3.77. The second-order valence-corrected chi connectivity index (χ2v) is 2.70. The van der Waals surface area contributed by atoms with Crippen LogP contribution in [0.4, 0.5) is 0 Å². The van der Waals surface area contributed by atoms with Gasteiger partial charge in [0.1, 0.15) is 0 Å². The molecule has 0 aromatic heterocycles. The minimum absolute atomic E-state index is 0.991. The van der Waals surface area contributed by atoms with Crippen LogP contribution in [0.1, 0.15) is 19.8 Å². The highest BCUT2D eigenvalue weighted by molar-refractivity contribution is 5.40. The lowest BCUT2D eigenvalue weighted by Gasteiger charge is -2.05. The fraction of sp³-hybridized carbons (Fsp3) is 0.231.